The molecule has 2 aromatic heterocycles. The first kappa shape index (κ1) is 11.5. The minimum Gasteiger partial charge on any atom is -0.360 e. The van der Waals surface area contributed by atoms with Crippen LogP contribution >= 0.6 is 0 Å². The van der Waals surface area contributed by atoms with Crippen molar-refractivity contribution in [3.63, 3.8) is 0 Å². The maximum atomic E-state index is 12.7. The first-order chi connectivity index (χ1) is 8.71. The van der Waals surface area contributed by atoms with E-state index < -0.39 is 0 Å². The summed E-state index contributed by atoms with van der Waals surface area (Å²) >= 11 is 0. The fourth-order valence-electron chi connectivity index (χ4n) is 3.03. The molecule has 0 spiro atoms. The Kier molecular flexibility index (Phi) is 2.69. The van der Waals surface area contributed by atoms with E-state index in [1.54, 1.807) is 12.4 Å². The zero-order valence-electron chi connectivity index (χ0n) is 10.7. The van der Waals surface area contributed by atoms with Gasteiger partial charge in [0.05, 0.1) is 0 Å². The van der Waals surface area contributed by atoms with Crippen LogP contribution in [0.25, 0.3) is 10.9 Å². The standard InChI is InChI=1S/C15H18N2O/c1-15(6-3-2-4-7-15)14(18)12-10-17-13-5-8-16-9-11(12)13/h5,8-10,17H,2-4,6-7H2,1H3. The second kappa shape index (κ2) is 4.23. The van der Waals surface area contributed by atoms with Crippen molar-refractivity contribution in [2.75, 3.05) is 0 Å². The van der Waals surface area contributed by atoms with Crippen LogP contribution in [0.4, 0.5) is 0 Å². The molecule has 94 valence electrons. The summed E-state index contributed by atoms with van der Waals surface area (Å²) in [5.41, 5.74) is 1.62. The van der Waals surface area contributed by atoms with Crippen molar-refractivity contribution < 1.29 is 4.79 Å². The molecule has 1 aliphatic rings. The minimum atomic E-state index is -0.177. The number of H-pyrrole nitrogens is 1. The lowest BCUT2D eigenvalue weighted by Gasteiger charge is -2.31. The van der Waals surface area contributed by atoms with E-state index in [-0.39, 0.29) is 11.2 Å². The molecule has 3 heteroatoms. The molecular weight excluding hydrogens is 224 g/mol. The summed E-state index contributed by atoms with van der Waals surface area (Å²) in [6.07, 6.45) is 11.0. The van der Waals surface area contributed by atoms with Gasteiger partial charge >= 0.3 is 0 Å². The molecule has 3 rings (SSSR count). The molecule has 2 heterocycles. The number of aromatic amines is 1. The smallest absolute Gasteiger partial charge is 0.170 e. The van der Waals surface area contributed by atoms with Crippen LogP contribution in [0.2, 0.25) is 0 Å². The number of nitrogens with one attached hydrogen (secondary N) is 1. The fraction of sp³-hybridized carbons (Fsp3) is 0.467. The number of carbonyl (C=O) groups is 1. The molecule has 18 heavy (non-hydrogen) atoms. The van der Waals surface area contributed by atoms with Gasteiger partial charge in [0.2, 0.25) is 0 Å². The normalized spacial score (nSPS) is 18.9. The van der Waals surface area contributed by atoms with Crippen molar-refractivity contribution in [2.24, 2.45) is 5.41 Å². The van der Waals surface area contributed by atoms with E-state index in [0.29, 0.717) is 0 Å². The summed E-state index contributed by atoms with van der Waals surface area (Å²) in [4.78, 5) is 20.0. The lowest BCUT2D eigenvalue weighted by atomic mass is 9.71. The first-order valence-electron chi connectivity index (χ1n) is 6.67. The Morgan fingerprint density at radius 1 is 1.33 bits per heavy atom. The molecule has 3 nitrogen and oxygen atoms in total. The zero-order valence-corrected chi connectivity index (χ0v) is 10.7. The number of ketones is 1. The molecule has 1 N–H and O–H groups in total. The number of Topliss-reactive ketones (excluding diaryl/α,β-unsaturated/α-hetero) is 1. The fourth-order valence-corrected chi connectivity index (χ4v) is 3.03. The Labute approximate surface area is 107 Å². The number of carbonyl (C=O) groups excluding carboxylic acids is 1. The largest absolute Gasteiger partial charge is 0.360 e. The van der Waals surface area contributed by atoms with Gasteiger partial charge in [-0.3, -0.25) is 9.78 Å². The van der Waals surface area contributed by atoms with E-state index in [9.17, 15) is 4.79 Å². The van der Waals surface area contributed by atoms with Gasteiger partial charge in [0, 0.05) is 40.5 Å². The second-order valence-electron chi connectivity index (χ2n) is 5.57. The molecule has 2 aromatic rings. The Morgan fingerprint density at radius 2 is 2.11 bits per heavy atom. The highest BCUT2D eigenvalue weighted by molar-refractivity contribution is 6.10. The quantitative estimate of drug-likeness (QED) is 0.816. The van der Waals surface area contributed by atoms with Gasteiger partial charge in [-0.1, -0.05) is 26.2 Å². The van der Waals surface area contributed by atoms with Crippen molar-refractivity contribution in [3.8, 4) is 0 Å². The lowest BCUT2D eigenvalue weighted by molar-refractivity contribution is 0.0751. The average molecular weight is 242 g/mol. The number of hydrogen-bond donors (Lipinski definition) is 1. The maximum Gasteiger partial charge on any atom is 0.170 e. The summed E-state index contributed by atoms with van der Waals surface area (Å²) in [7, 11) is 0. The van der Waals surface area contributed by atoms with Crippen LogP contribution < -0.4 is 0 Å². The van der Waals surface area contributed by atoms with E-state index in [4.69, 9.17) is 0 Å². The van der Waals surface area contributed by atoms with Crippen LogP contribution in [-0.4, -0.2) is 15.8 Å². The van der Waals surface area contributed by atoms with Crippen LogP contribution in [0, 0.1) is 5.41 Å². The van der Waals surface area contributed by atoms with Crippen LogP contribution in [0.3, 0.4) is 0 Å². The van der Waals surface area contributed by atoms with E-state index in [2.05, 4.69) is 16.9 Å². The van der Waals surface area contributed by atoms with Crippen LogP contribution in [0.15, 0.2) is 24.7 Å². The van der Waals surface area contributed by atoms with Gasteiger partial charge < -0.3 is 4.98 Å². The van der Waals surface area contributed by atoms with Gasteiger partial charge in [-0.2, -0.15) is 0 Å². The number of nitrogens with zero attached hydrogens (tertiary/aromatic N) is 1. The first-order valence-corrected chi connectivity index (χ1v) is 6.67. The average Bonchev–Trinajstić information content (AvgIpc) is 2.82. The Hall–Kier alpha value is -1.64. The molecule has 0 aromatic carbocycles. The number of fused-ring (bicyclic) bond motifs is 1. The summed E-state index contributed by atoms with van der Waals surface area (Å²) < 4.78 is 0. The highest BCUT2D eigenvalue weighted by Crippen LogP contribution is 2.39. The van der Waals surface area contributed by atoms with Crippen molar-refractivity contribution in [3.05, 3.63) is 30.2 Å². The molecule has 1 aliphatic carbocycles. The van der Waals surface area contributed by atoms with E-state index in [1.165, 1.54) is 19.3 Å². The Bertz CT molecular complexity index is 579. The number of aromatic nitrogens is 2. The second-order valence-corrected chi connectivity index (χ2v) is 5.57. The molecule has 0 bridgehead atoms. The molecule has 0 atom stereocenters. The van der Waals surface area contributed by atoms with Gasteiger partial charge in [0.15, 0.2) is 5.78 Å². The predicted molar refractivity (Wildman–Crippen MR) is 71.6 cm³/mol. The van der Waals surface area contributed by atoms with Crippen LogP contribution in [0.1, 0.15) is 49.4 Å². The van der Waals surface area contributed by atoms with Gasteiger partial charge in [0.25, 0.3) is 0 Å². The Balaban J connectivity index is 2.01. The minimum absolute atomic E-state index is 0.177. The highest BCUT2D eigenvalue weighted by atomic mass is 16.1. The van der Waals surface area contributed by atoms with Gasteiger partial charge in [-0.15, -0.1) is 0 Å². The third kappa shape index (κ3) is 1.74. The predicted octanol–water partition coefficient (Wildman–Crippen LogP) is 3.72. The number of hydrogen-bond acceptors (Lipinski definition) is 2. The SMILES string of the molecule is CC1(C(=O)c2c[nH]c3ccncc23)CCCCC1. The van der Waals surface area contributed by atoms with E-state index in [1.807, 2.05) is 12.3 Å². The number of pyridine rings is 1. The maximum absolute atomic E-state index is 12.7. The van der Waals surface area contributed by atoms with Gasteiger partial charge in [-0.25, -0.2) is 0 Å². The molecule has 0 radical (unpaired) electrons. The van der Waals surface area contributed by atoms with Gasteiger partial charge in [0.1, 0.15) is 0 Å². The van der Waals surface area contributed by atoms with Crippen LogP contribution in [-0.2, 0) is 0 Å². The van der Waals surface area contributed by atoms with Crippen LogP contribution in [0.5, 0.6) is 0 Å². The molecular formula is C15H18N2O. The van der Waals surface area contributed by atoms with Crippen molar-refractivity contribution in [1.29, 1.82) is 0 Å². The van der Waals surface area contributed by atoms with Crippen molar-refractivity contribution in [1.82, 2.24) is 9.97 Å². The molecule has 0 aliphatic heterocycles. The van der Waals surface area contributed by atoms with Crippen molar-refractivity contribution in [2.45, 2.75) is 39.0 Å². The summed E-state index contributed by atoms with van der Waals surface area (Å²) in [5.74, 6) is 0.279. The molecule has 0 unspecified atom stereocenters. The van der Waals surface area contributed by atoms with E-state index >= 15 is 0 Å². The molecule has 0 amide bonds. The van der Waals surface area contributed by atoms with Crippen molar-refractivity contribution >= 4 is 16.7 Å². The highest BCUT2D eigenvalue weighted by Gasteiger charge is 2.36. The Morgan fingerprint density at radius 3 is 2.89 bits per heavy atom. The summed E-state index contributed by atoms with van der Waals surface area (Å²) in [6.45, 7) is 2.11. The third-order valence-electron chi connectivity index (χ3n) is 4.23. The molecule has 1 fully saturated rings. The number of rotatable bonds is 2. The van der Waals surface area contributed by atoms with E-state index in [0.717, 1.165) is 29.3 Å². The summed E-state index contributed by atoms with van der Waals surface area (Å²) in [5, 5.41) is 0.953. The topological polar surface area (TPSA) is 45.8 Å². The van der Waals surface area contributed by atoms with Gasteiger partial charge in [-0.05, 0) is 18.9 Å². The monoisotopic (exact) mass is 242 g/mol. The summed E-state index contributed by atoms with van der Waals surface area (Å²) in [6, 6.07) is 1.91. The molecule has 1 saturated carbocycles. The molecule has 0 saturated heterocycles. The third-order valence-corrected chi connectivity index (χ3v) is 4.23. The lowest BCUT2D eigenvalue weighted by Crippen LogP contribution is -2.30. The zero-order chi connectivity index (χ0) is 12.6.